The molecule has 1 heterocycles. The fraction of sp³-hybridized carbons (Fsp3) is 0.733. The summed E-state index contributed by atoms with van der Waals surface area (Å²) in [5.74, 6) is 0.865. The first-order valence-corrected chi connectivity index (χ1v) is 8.12. The summed E-state index contributed by atoms with van der Waals surface area (Å²) in [4.78, 5) is 0. The molecule has 2 rings (SSSR count). The van der Waals surface area contributed by atoms with Crippen LogP contribution in [0.25, 0.3) is 0 Å². The Morgan fingerprint density at radius 2 is 2.28 bits per heavy atom. The zero-order chi connectivity index (χ0) is 12.8. The SMILES string of the molecule is CCNC(Cc1ccsc1)CC1CC(OCC)C1. The van der Waals surface area contributed by atoms with E-state index in [0.717, 1.165) is 19.1 Å². The average molecular weight is 267 g/mol. The van der Waals surface area contributed by atoms with E-state index in [4.69, 9.17) is 4.74 Å². The molecule has 0 bridgehead atoms. The second kappa shape index (κ2) is 7.27. The molecule has 1 fully saturated rings. The number of hydrogen-bond donors (Lipinski definition) is 1. The molecule has 1 aliphatic carbocycles. The number of thiophene rings is 1. The molecule has 2 nitrogen and oxygen atoms in total. The van der Waals surface area contributed by atoms with E-state index in [2.05, 4.69) is 36.0 Å². The summed E-state index contributed by atoms with van der Waals surface area (Å²) in [7, 11) is 0. The van der Waals surface area contributed by atoms with Gasteiger partial charge in [-0.2, -0.15) is 11.3 Å². The normalized spacial score (nSPS) is 24.8. The van der Waals surface area contributed by atoms with E-state index in [0.29, 0.717) is 12.1 Å². The summed E-state index contributed by atoms with van der Waals surface area (Å²) in [6.07, 6.45) is 5.54. The van der Waals surface area contributed by atoms with Crippen molar-refractivity contribution < 1.29 is 4.74 Å². The highest BCUT2D eigenvalue weighted by Crippen LogP contribution is 2.34. The Bertz CT molecular complexity index is 319. The third-order valence-corrected chi connectivity index (χ3v) is 4.50. The molecule has 0 radical (unpaired) electrons. The van der Waals surface area contributed by atoms with Crippen LogP contribution in [0.2, 0.25) is 0 Å². The summed E-state index contributed by atoms with van der Waals surface area (Å²) >= 11 is 1.80. The summed E-state index contributed by atoms with van der Waals surface area (Å²) in [5.41, 5.74) is 1.48. The van der Waals surface area contributed by atoms with E-state index in [1.165, 1.54) is 31.2 Å². The molecule has 102 valence electrons. The van der Waals surface area contributed by atoms with Crippen molar-refractivity contribution in [3.63, 3.8) is 0 Å². The predicted octanol–water partition coefficient (Wildman–Crippen LogP) is 3.47. The molecule has 1 saturated carbocycles. The summed E-state index contributed by atoms with van der Waals surface area (Å²) in [6, 6.07) is 2.89. The minimum atomic E-state index is 0.545. The summed E-state index contributed by atoms with van der Waals surface area (Å²) in [5, 5.41) is 8.08. The first kappa shape index (κ1) is 14.0. The van der Waals surface area contributed by atoms with Gasteiger partial charge in [0.2, 0.25) is 0 Å². The maximum atomic E-state index is 5.64. The molecule has 1 N–H and O–H groups in total. The van der Waals surface area contributed by atoms with Crippen molar-refractivity contribution in [1.29, 1.82) is 0 Å². The number of ether oxygens (including phenoxy) is 1. The zero-order valence-corrected chi connectivity index (χ0v) is 12.3. The van der Waals surface area contributed by atoms with Gasteiger partial charge in [0, 0.05) is 12.6 Å². The predicted molar refractivity (Wildman–Crippen MR) is 78.2 cm³/mol. The van der Waals surface area contributed by atoms with Crippen molar-refractivity contribution >= 4 is 11.3 Å². The third-order valence-electron chi connectivity index (χ3n) is 3.77. The first-order valence-electron chi connectivity index (χ1n) is 7.17. The molecule has 1 unspecified atom stereocenters. The van der Waals surface area contributed by atoms with E-state index in [-0.39, 0.29) is 0 Å². The molecule has 0 saturated heterocycles. The smallest absolute Gasteiger partial charge is 0.0580 e. The maximum absolute atomic E-state index is 5.64. The Morgan fingerprint density at radius 3 is 2.89 bits per heavy atom. The molecule has 0 aliphatic heterocycles. The van der Waals surface area contributed by atoms with Crippen molar-refractivity contribution in [3.8, 4) is 0 Å². The average Bonchev–Trinajstić information content (AvgIpc) is 2.79. The van der Waals surface area contributed by atoms with Gasteiger partial charge >= 0.3 is 0 Å². The monoisotopic (exact) mass is 267 g/mol. The van der Waals surface area contributed by atoms with Gasteiger partial charge < -0.3 is 10.1 Å². The molecule has 1 aliphatic rings. The van der Waals surface area contributed by atoms with Gasteiger partial charge in [0.05, 0.1) is 6.10 Å². The fourth-order valence-corrected chi connectivity index (χ4v) is 3.54. The second-order valence-electron chi connectivity index (χ2n) is 5.24. The molecular weight excluding hydrogens is 242 g/mol. The lowest BCUT2D eigenvalue weighted by Crippen LogP contribution is -2.39. The van der Waals surface area contributed by atoms with Crippen LogP contribution in [0, 0.1) is 5.92 Å². The van der Waals surface area contributed by atoms with E-state index in [1.54, 1.807) is 11.3 Å². The van der Waals surface area contributed by atoms with Crippen molar-refractivity contribution in [2.75, 3.05) is 13.2 Å². The van der Waals surface area contributed by atoms with Crippen LogP contribution >= 0.6 is 11.3 Å². The molecule has 18 heavy (non-hydrogen) atoms. The van der Waals surface area contributed by atoms with Gasteiger partial charge in [-0.1, -0.05) is 6.92 Å². The summed E-state index contributed by atoms with van der Waals surface area (Å²) < 4.78 is 5.64. The number of rotatable bonds is 8. The quantitative estimate of drug-likeness (QED) is 0.778. The minimum Gasteiger partial charge on any atom is -0.378 e. The van der Waals surface area contributed by atoms with E-state index < -0.39 is 0 Å². The molecule has 1 aromatic rings. The van der Waals surface area contributed by atoms with Crippen molar-refractivity contribution in [1.82, 2.24) is 5.32 Å². The van der Waals surface area contributed by atoms with Crippen LogP contribution in [0.5, 0.6) is 0 Å². The fourth-order valence-electron chi connectivity index (χ4n) is 2.86. The lowest BCUT2D eigenvalue weighted by molar-refractivity contribution is -0.0289. The first-order chi connectivity index (χ1) is 8.81. The van der Waals surface area contributed by atoms with Crippen LogP contribution in [0.1, 0.15) is 38.7 Å². The van der Waals surface area contributed by atoms with Crippen molar-refractivity contribution in [2.45, 2.75) is 51.7 Å². The standard InChI is InChI=1S/C15H25NOS/c1-3-16-14(7-12-5-6-18-11-12)8-13-9-15(10-13)17-4-2/h5-6,11,13-16H,3-4,7-10H2,1-2H3. The van der Waals surface area contributed by atoms with Gasteiger partial charge in [-0.05, 0) is 67.5 Å². The second-order valence-corrected chi connectivity index (χ2v) is 6.02. The number of nitrogens with one attached hydrogen (secondary N) is 1. The van der Waals surface area contributed by atoms with Crippen LogP contribution in [-0.2, 0) is 11.2 Å². The molecule has 0 spiro atoms. The molecule has 1 aromatic heterocycles. The van der Waals surface area contributed by atoms with Gasteiger partial charge in [0.1, 0.15) is 0 Å². The molecule has 0 amide bonds. The Balaban J connectivity index is 1.73. The Morgan fingerprint density at radius 1 is 1.44 bits per heavy atom. The van der Waals surface area contributed by atoms with Gasteiger partial charge in [0.25, 0.3) is 0 Å². The highest BCUT2D eigenvalue weighted by Gasteiger charge is 2.31. The van der Waals surface area contributed by atoms with Crippen molar-refractivity contribution in [3.05, 3.63) is 22.4 Å². The maximum Gasteiger partial charge on any atom is 0.0580 e. The van der Waals surface area contributed by atoms with Crippen LogP contribution in [0.3, 0.4) is 0 Å². The van der Waals surface area contributed by atoms with Gasteiger partial charge in [-0.15, -0.1) is 0 Å². The molecule has 3 heteroatoms. The van der Waals surface area contributed by atoms with Crippen molar-refractivity contribution in [2.24, 2.45) is 5.92 Å². The highest BCUT2D eigenvalue weighted by atomic mass is 32.1. The number of likely N-dealkylation sites (N-methyl/N-ethyl adjacent to an activating group) is 1. The lowest BCUT2D eigenvalue weighted by atomic mass is 9.77. The minimum absolute atomic E-state index is 0.545. The van der Waals surface area contributed by atoms with Crippen LogP contribution in [-0.4, -0.2) is 25.3 Å². The van der Waals surface area contributed by atoms with E-state index in [1.807, 2.05) is 0 Å². The van der Waals surface area contributed by atoms with E-state index >= 15 is 0 Å². The summed E-state index contributed by atoms with van der Waals surface area (Å²) in [6.45, 7) is 6.22. The zero-order valence-electron chi connectivity index (χ0n) is 11.5. The lowest BCUT2D eigenvalue weighted by Gasteiger charge is -2.37. The van der Waals surface area contributed by atoms with Crippen LogP contribution < -0.4 is 5.32 Å². The Hall–Kier alpha value is -0.380. The topological polar surface area (TPSA) is 21.3 Å². The Labute approximate surface area is 115 Å². The Kier molecular flexibility index (Phi) is 5.67. The number of hydrogen-bond acceptors (Lipinski definition) is 3. The highest BCUT2D eigenvalue weighted by molar-refractivity contribution is 7.07. The van der Waals surface area contributed by atoms with Crippen LogP contribution in [0.15, 0.2) is 16.8 Å². The largest absolute Gasteiger partial charge is 0.378 e. The van der Waals surface area contributed by atoms with Gasteiger partial charge in [0.15, 0.2) is 0 Å². The molecular formula is C15H25NOS. The van der Waals surface area contributed by atoms with Gasteiger partial charge in [-0.3, -0.25) is 0 Å². The third kappa shape index (κ3) is 4.08. The molecule has 1 atom stereocenters. The van der Waals surface area contributed by atoms with Crippen LogP contribution in [0.4, 0.5) is 0 Å². The van der Waals surface area contributed by atoms with Gasteiger partial charge in [-0.25, -0.2) is 0 Å². The molecule has 0 aromatic carbocycles. The van der Waals surface area contributed by atoms with E-state index in [9.17, 15) is 0 Å².